The molecule has 0 atom stereocenters. The molecule has 0 heterocycles. The van der Waals surface area contributed by atoms with Crippen molar-refractivity contribution in [2.24, 2.45) is 5.41 Å². The van der Waals surface area contributed by atoms with Gasteiger partial charge in [0.2, 0.25) is 0 Å². The highest BCUT2D eigenvalue weighted by atomic mass is 16.1. The summed E-state index contributed by atoms with van der Waals surface area (Å²) in [5, 5.41) is 0. The average Bonchev–Trinajstić information content (AvgIpc) is 2.78. The van der Waals surface area contributed by atoms with Crippen LogP contribution in [0.4, 0.5) is 5.69 Å². The van der Waals surface area contributed by atoms with Gasteiger partial charge in [-0.1, -0.05) is 25.0 Å². The van der Waals surface area contributed by atoms with Gasteiger partial charge in [0.25, 0.3) is 0 Å². The van der Waals surface area contributed by atoms with E-state index in [9.17, 15) is 4.79 Å². The van der Waals surface area contributed by atoms with E-state index in [1.807, 2.05) is 0 Å². The van der Waals surface area contributed by atoms with Gasteiger partial charge in [-0.2, -0.15) is 0 Å². The predicted molar refractivity (Wildman–Crippen MR) is 71.4 cm³/mol. The maximum Gasteiger partial charge on any atom is 0.127 e. The van der Waals surface area contributed by atoms with Crippen molar-refractivity contribution in [1.29, 1.82) is 0 Å². The summed E-state index contributed by atoms with van der Waals surface area (Å²) in [5.74, 6) is 0. The molecule has 1 saturated carbocycles. The Bertz CT molecular complexity index is 394. The fraction of sp³-hybridized carbons (Fsp3) is 0.533. The summed E-state index contributed by atoms with van der Waals surface area (Å²) in [5.41, 5.74) is 2.37. The number of carbonyl (C=O) groups is 1. The van der Waals surface area contributed by atoms with Crippen LogP contribution in [-0.4, -0.2) is 19.9 Å². The Morgan fingerprint density at radius 3 is 2.65 bits per heavy atom. The van der Waals surface area contributed by atoms with Crippen molar-refractivity contribution in [2.45, 2.75) is 32.6 Å². The third-order valence-electron chi connectivity index (χ3n) is 3.84. The molecule has 0 amide bonds. The number of aryl methyl sites for hydroxylation is 1. The molecule has 1 aromatic rings. The number of nitrogens with zero attached hydrogens (tertiary/aromatic N) is 1. The number of anilines is 1. The van der Waals surface area contributed by atoms with Crippen LogP contribution < -0.4 is 4.90 Å². The molecule has 0 saturated heterocycles. The van der Waals surface area contributed by atoms with E-state index in [1.165, 1.54) is 30.4 Å². The molecule has 92 valence electrons. The van der Waals surface area contributed by atoms with E-state index >= 15 is 0 Å². The van der Waals surface area contributed by atoms with Gasteiger partial charge in [-0.15, -0.1) is 0 Å². The minimum Gasteiger partial charge on any atom is -0.374 e. The second kappa shape index (κ2) is 4.91. The average molecular weight is 231 g/mol. The molecular formula is C15H21NO. The molecule has 0 radical (unpaired) electrons. The van der Waals surface area contributed by atoms with Crippen molar-refractivity contribution < 1.29 is 4.79 Å². The molecule has 0 bridgehead atoms. The van der Waals surface area contributed by atoms with E-state index in [1.54, 1.807) is 0 Å². The standard InChI is InChI=1S/C15H21NO/c1-13-6-5-7-14(10-13)16(2)11-15(12-17)8-3-4-9-15/h5-7,10,12H,3-4,8-9,11H2,1-2H3. The van der Waals surface area contributed by atoms with Crippen molar-refractivity contribution in [1.82, 2.24) is 0 Å². The number of hydrogen-bond donors (Lipinski definition) is 0. The Morgan fingerprint density at radius 2 is 2.06 bits per heavy atom. The van der Waals surface area contributed by atoms with Crippen LogP contribution in [-0.2, 0) is 4.79 Å². The summed E-state index contributed by atoms with van der Waals surface area (Å²) < 4.78 is 0. The lowest BCUT2D eigenvalue weighted by molar-refractivity contribution is -0.115. The lowest BCUT2D eigenvalue weighted by Crippen LogP contribution is -2.34. The second-order valence-electron chi connectivity index (χ2n) is 5.38. The number of aldehydes is 1. The maximum atomic E-state index is 11.3. The summed E-state index contributed by atoms with van der Waals surface area (Å²) in [6.45, 7) is 2.95. The van der Waals surface area contributed by atoms with Gasteiger partial charge in [-0.3, -0.25) is 0 Å². The zero-order valence-corrected chi connectivity index (χ0v) is 10.8. The van der Waals surface area contributed by atoms with Crippen LogP contribution >= 0.6 is 0 Å². The van der Waals surface area contributed by atoms with Crippen LogP contribution in [0.3, 0.4) is 0 Å². The van der Waals surface area contributed by atoms with Gasteiger partial charge in [-0.05, 0) is 37.5 Å². The minimum absolute atomic E-state index is 0.0987. The topological polar surface area (TPSA) is 20.3 Å². The van der Waals surface area contributed by atoms with E-state index in [0.29, 0.717) is 0 Å². The Balaban J connectivity index is 2.10. The third-order valence-corrected chi connectivity index (χ3v) is 3.84. The zero-order valence-electron chi connectivity index (χ0n) is 10.8. The van der Waals surface area contributed by atoms with Crippen molar-refractivity contribution in [2.75, 3.05) is 18.5 Å². The van der Waals surface area contributed by atoms with Crippen molar-refractivity contribution in [3.05, 3.63) is 29.8 Å². The Morgan fingerprint density at radius 1 is 1.35 bits per heavy atom. The lowest BCUT2D eigenvalue weighted by atomic mass is 9.87. The van der Waals surface area contributed by atoms with Crippen molar-refractivity contribution in [3.63, 3.8) is 0 Å². The SMILES string of the molecule is Cc1cccc(N(C)CC2(C=O)CCCC2)c1. The highest BCUT2D eigenvalue weighted by Gasteiger charge is 2.34. The summed E-state index contributed by atoms with van der Waals surface area (Å²) in [6, 6.07) is 8.46. The number of carbonyl (C=O) groups excluding carboxylic acids is 1. The van der Waals surface area contributed by atoms with Gasteiger partial charge in [0, 0.05) is 24.7 Å². The molecule has 1 aliphatic rings. The highest BCUT2D eigenvalue weighted by Crippen LogP contribution is 2.37. The van der Waals surface area contributed by atoms with Crippen LogP contribution in [0.15, 0.2) is 24.3 Å². The molecule has 2 rings (SSSR count). The van der Waals surface area contributed by atoms with Gasteiger partial charge in [0.05, 0.1) is 0 Å². The molecule has 0 aromatic heterocycles. The Hall–Kier alpha value is -1.31. The molecule has 0 unspecified atom stereocenters. The lowest BCUT2D eigenvalue weighted by Gasteiger charge is -2.30. The summed E-state index contributed by atoms with van der Waals surface area (Å²) >= 11 is 0. The molecule has 2 nitrogen and oxygen atoms in total. The minimum atomic E-state index is -0.0987. The normalized spacial score (nSPS) is 18.0. The van der Waals surface area contributed by atoms with E-state index < -0.39 is 0 Å². The fourth-order valence-corrected chi connectivity index (χ4v) is 2.82. The van der Waals surface area contributed by atoms with Gasteiger partial charge >= 0.3 is 0 Å². The van der Waals surface area contributed by atoms with Crippen LogP contribution in [0.5, 0.6) is 0 Å². The zero-order chi connectivity index (χ0) is 12.3. The highest BCUT2D eigenvalue weighted by molar-refractivity contribution is 5.62. The van der Waals surface area contributed by atoms with Crippen molar-refractivity contribution >= 4 is 12.0 Å². The first-order valence-corrected chi connectivity index (χ1v) is 6.39. The van der Waals surface area contributed by atoms with Crippen LogP contribution in [0.2, 0.25) is 0 Å². The first-order valence-electron chi connectivity index (χ1n) is 6.39. The monoisotopic (exact) mass is 231 g/mol. The molecule has 0 aliphatic heterocycles. The van der Waals surface area contributed by atoms with Gasteiger partial charge in [0.1, 0.15) is 6.29 Å². The Kier molecular flexibility index (Phi) is 3.51. The van der Waals surface area contributed by atoms with Gasteiger partial charge < -0.3 is 9.69 Å². The molecule has 0 spiro atoms. The maximum absolute atomic E-state index is 11.3. The quantitative estimate of drug-likeness (QED) is 0.742. The fourth-order valence-electron chi connectivity index (χ4n) is 2.82. The van der Waals surface area contributed by atoms with Crippen LogP contribution in [0.25, 0.3) is 0 Å². The molecular weight excluding hydrogens is 210 g/mol. The van der Waals surface area contributed by atoms with Gasteiger partial charge in [-0.25, -0.2) is 0 Å². The number of rotatable bonds is 4. The van der Waals surface area contributed by atoms with E-state index in [2.05, 4.69) is 43.1 Å². The smallest absolute Gasteiger partial charge is 0.127 e. The van der Waals surface area contributed by atoms with Crippen LogP contribution in [0.1, 0.15) is 31.2 Å². The van der Waals surface area contributed by atoms with Gasteiger partial charge in [0.15, 0.2) is 0 Å². The molecule has 1 aromatic carbocycles. The largest absolute Gasteiger partial charge is 0.374 e. The molecule has 2 heteroatoms. The molecule has 1 fully saturated rings. The third kappa shape index (κ3) is 2.68. The number of hydrogen-bond acceptors (Lipinski definition) is 2. The molecule has 17 heavy (non-hydrogen) atoms. The summed E-state index contributed by atoms with van der Waals surface area (Å²) in [6.07, 6.45) is 5.67. The van der Waals surface area contributed by atoms with E-state index in [-0.39, 0.29) is 5.41 Å². The summed E-state index contributed by atoms with van der Waals surface area (Å²) in [7, 11) is 2.08. The first kappa shape index (κ1) is 12.2. The second-order valence-corrected chi connectivity index (χ2v) is 5.38. The van der Waals surface area contributed by atoms with Crippen LogP contribution in [0, 0.1) is 12.3 Å². The number of benzene rings is 1. The Labute approximate surface area is 104 Å². The first-order chi connectivity index (χ1) is 8.15. The van der Waals surface area contributed by atoms with E-state index in [4.69, 9.17) is 0 Å². The predicted octanol–water partition coefficient (Wildman–Crippen LogP) is 3.19. The van der Waals surface area contributed by atoms with Crippen molar-refractivity contribution in [3.8, 4) is 0 Å². The van der Waals surface area contributed by atoms with E-state index in [0.717, 1.165) is 19.4 Å². The summed E-state index contributed by atoms with van der Waals surface area (Å²) in [4.78, 5) is 13.6. The molecule has 1 aliphatic carbocycles. The molecule has 0 N–H and O–H groups in total.